The number of aromatic carboxylic acids is 1. The highest BCUT2D eigenvalue weighted by atomic mass is 35.5. The van der Waals surface area contributed by atoms with E-state index in [1.165, 1.54) is 12.1 Å². The molecule has 7 heteroatoms. The second kappa shape index (κ2) is 5.48. The van der Waals surface area contributed by atoms with E-state index in [9.17, 15) is 13.2 Å². The fourth-order valence-corrected chi connectivity index (χ4v) is 3.18. The molecule has 5 nitrogen and oxygen atoms in total. The Morgan fingerprint density at radius 2 is 2.11 bits per heavy atom. The summed E-state index contributed by atoms with van der Waals surface area (Å²) < 4.78 is 26.5. The molecule has 0 amide bonds. The average Bonchev–Trinajstić information content (AvgIpc) is 2.26. The lowest BCUT2D eigenvalue weighted by Crippen LogP contribution is -2.32. The van der Waals surface area contributed by atoms with Crippen LogP contribution in [0.15, 0.2) is 23.1 Å². The molecule has 0 aromatic heterocycles. The Morgan fingerprint density at radius 3 is 2.63 bits per heavy atom. The lowest BCUT2D eigenvalue weighted by atomic mass is 9.86. The van der Waals surface area contributed by atoms with Gasteiger partial charge in [0, 0.05) is 6.54 Å². The molecule has 19 heavy (non-hydrogen) atoms. The van der Waals surface area contributed by atoms with Crippen LogP contribution in [-0.4, -0.2) is 26.0 Å². The van der Waals surface area contributed by atoms with Crippen LogP contribution in [0.4, 0.5) is 0 Å². The third-order valence-corrected chi connectivity index (χ3v) is 5.02. The number of carbonyl (C=O) groups is 1. The molecule has 1 aromatic rings. The normalized spacial score (nSPS) is 16.1. The van der Waals surface area contributed by atoms with E-state index < -0.39 is 16.0 Å². The minimum absolute atomic E-state index is 0.0189. The average molecular weight is 304 g/mol. The van der Waals surface area contributed by atoms with Crippen LogP contribution in [0, 0.1) is 5.92 Å². The van der Waals surface area contributed by atoms with Crippen molar-refractivity contribution in [2.45, 2.75) is 24.2 Å². The fraction of sp³-hybridized carbons (Fsp3) is 0.417. The summed E-state index contributed by atoms with van der Waals surface area (Å²) in [6.07, 6.45) is 3.20. The zero-order valence-electron chi connectivity index (χ0n) is 10.1. The zero-order chi connectivity index (χ0) is 14.0. The Kier molecular flexibility index (Phi) is 4.13. The van der Waals surface area contributed by atoms with Gasteiger partial charge in [0.1, 0.15) is 0 Å². The third kappa shape index (κ3) is 3.26. The van der Waals surface area contributed by atoms with Crippen LogP contribution in [0.1, 0.15) is 29.6 Å². The van der Waals surface area contributed by atoms with Crippen molar-refractivity contribution in [3.63, 3.8) is 0 Å². The molecular weight excluding hydrogens is 290 g/mol. The molecule has 1 aliphatic rings. The van der Waals surface area contributed by atoms with Gasteiger partial charge in [-0.15, -0.1) is 0 Å². The first-order valence-corrected chi connectivity index (χ1v) is 7.79. The highest BCUT2D eigenvalue weighted by Gasteiger charge is 2.22. The molecule has 0 atom stereocenters. The Hall–Kier alpha value is -1.11. The first-order chi connectivity index (χ1) is 8.90. The van der Waals surface area contributed by atoms with E-state index in [-0.39, 0.29) is 15.5 Å². The Morgan fingerprint density at radius 1 is 1.42 bits per heavy atom. The topological polar surface area (TPSA) is 83.5 Å². The van der Waals surface area contributed by atoms with E-state index in [4.69, 9.17) is 16.7 Å². The van der Waals surface area contributed by atoms with Gasteiger partial charge in [-0.05, 0) is 37.0 Å². The molecule has 0 spiro atoms. The number of benzene rings is 1. The first kappa shape index (κ1) is 14.3. The maximum atomic E-state index is 12.0. The van der Waals surface area contributed by atoms with Crippen LogP contribution in [-0.2, 0) is 10.0 Å². The van der Waals surface area contributed by atoms with Crippen molar-refractivity contribution >= 4 is 27.6 Å². The second-order valence-corrected chi connectivity index (χ2v) is 6.77. The molecule has 0 saturated heterocycles. The number of hydrogen-bond donors (Lipinski definition) is 2. The predicted molar refractivity (Wildman–Crippen MR) is 70.9 cm³/mol. The summed E-state index contributed by atoms with van der Waals surface area (Å²) >= 11 is 5.70. The lowest BCUT2D eigenvalue weighted by molar-refractivity contribution is 0.0697. The maximum absolute atomic E-state index is 12.0. The van der Waals surface area contributed by atoms with Crippen molar-refractivity contribution in [1.29, 1.82) is 0 Å². The molecule has 0 heterocycles. The Bertz CT molecular complexity index is 596. The molecule has 1 aliphatic carbocycles. The molecular formula is C12H14ClNO4S. The number of carboxylic acids is 1. The van der Waals surface area contributed by atoms with Crippen LogP contribution < -0.4 is 4.72 Å². The highest BCUT2D eigenvalue weighted by Crippen LogP contribution is 2.26. The number of rotatable bonds is 5. The van der Waals surface area contributed by atoms with Gasteiger partial charge >= 0.3 is 5.97 Å². The standard InChI is InChI=1S/C12H14ClNO4S/c13-11-5-4-9(6-10(11)12(15)16)19(17,18)14-7-8-2-1-3-8/h4-6,8,14H,1-3,7H2,(H,15,16). The first-order valence-electron chi connectivity index (χ1n) is 5.92. The molecule has 1 saturated carbocycles. The summed E-state index contributed by atoms with van der Waals surface area (Å²) in [5, 5.41) is 8.94. The van der Waals surface area contributed by atoms with Crippen molar-refractivity contribution < 1.29 is 18.3 Å². The summed E-state index contributed by atoms with van der Waals surface area (Å²) in [5.74, 6) is -0.859. The summed E-state index contributed by atoms with van der Waals surface area (Å²) in [5.41, 5.74) is -0.215. The van der Waals surface area contributed by atoms with Gasteiger partial charge in [-0.1, -0.05) is 18.0 Å². The second-order valence-electron chi connectivity index (χ2n) is 4.60. The Labute approximate surface area is 116 Å². The third-order valence-electron chi connectivity index (χ3n) is 3.27. The molecule has 0 aliphatic heterocycles. The van der Waals surface area contributed by atoms with Gasteiger partial charge in [-0.2, -0.15) is 0 Å². The van der Waals surface area contributed by atoms with Crippen LogP contribution in [0.3, 0.4) is 0 Å². The van der Waals surface area contributed by atoms with Crippen LogP contribution in [0.2, 0.25) is 5.02 Å². The van der Waals surface area contributed by atoms with Gasteiger partial charge in [0.05, 0.1) is 15.5 Å². The van der Waals surface area contributed by atoms with Crippen LogP contribution in [0.25, 0.3) is 0 Å². The molecule has 0 radical (unpaired) electrons. The number of carboxylic acid groups (broad SMARTS) is 1. The van der Waals surface area contributed by atoms with Gasteiger partial charge in [0.2, 0.25) is 10.0 Å². The van der Waals surface area contributed by atoms with E-state index in [0.29, 0.717) is 12.5 Å². The smallest absolute Gasteiger partial charge is 0.337 e. The van der Waals surface area contributed by atoms with Crippen LogP contribution in [0.5, 0.6) is 0 Å². The largest absolute Gasteiger partial charge is 0.478 e. The minimum atomic E-state index is -3.68. The van der Waals surface area contributed by atoms with E-state index in [2.05, 4.69) is 4.72 Å². The highest BCUT2D eigenvalue weighted by molar-refractivity contribution is 7.89. The molecule has 0 bridgehead atoms. The summed E-state index contributed by atoms with van der Waals surface area (Å²) in [6, 6.07) is 3.66. The van der Waals surface area contributed by atoms with Crippen molar-refractivity contribution in [3.05, 3.63) is 28.8 Å². The maximum Gasteiger partial charge on any atom is 0.337 e. The van der Waals surface area contributed by atoms with Crippen molar-refractivity contribution in [3.8, 4) is 0 Å². The van der Waals surface area contributed by atoms with Gasteiger partial charge in [0.25, 0.3) is 0 Å². The molecule has 2 rings (SSSR count). The summed E-state index contributed by atoms with van der Waals surface area (Å²) in [4.78, 5) is 10.8. The van der Waals surface area contributed by atoms with Gasteiger partial charge < -0.3 is 5.11 Å². The van der Waals surface area contributed by atoms with Crippen LogP contribution >= 0.6 is 11.6 Å². The molecule has 104 valence electrons. The minimum Gasteiger partial charge on any atom is -0.478 e. The molecule has 1 fully saturated rings. The van der Waals surface area contributed by atoms with E-state index >= 15 is 0 Å². The van der Waals surface area contributed by atoms with Gasteiger partial charge in [-0.3, -0.25) is 0 Å². The molecule has 1 aromatic carbocycles. The quantitative estimate of drug-likeness (QED) is 0.872. The van der Waals surface area contributed by atoms with Crippen molar-refractivity contribution in [2.24, 2.45) is 5.92 Å². The van der Waals surface area contributed by atoms with Crippen molar-refractivity contribution in [2.75, 3.05) is 6.54 Å². The molecule has 0 unspecified atom stereocenters. The van der Waals surface area contributed by atoms with Gasteiger partial charge in [0.15, 0.2) is 0 Å². The monoisotopic (exact) mass is 303 g/mol. The summed E-state index contributed by atoms with van der Waals surface area (Å²) in [7, 11) is -3.68. The predicted octanol–water partition coefficient (Wildman–Crippen LogP) is 2.12. The number of halogens is 1. The van der Waals surface area contributed by atoms with E-state index in [1.807, 2.05) is 0 Å². The van der Waals surface area contributed by atoms with Gasteiger partial charge in [-0.25, -0.2) is 17.9 Å². The SMILES string of the molecule is O=C(O)c1cc(S(=O)(=O)NCC2CCC2)ccc1Cl. The zero-order valence-corrected chi connectivity index (χ0v) is 11.7. The summed E-state index contributed by atoms with van der Waals surface area (Å²) in [6.45, 7) is 0.396. The fourth-order valence-electron chi connectivity index (χ4n) is 1.84. The van der Waals surface area contributed by atoms with E-state index in [1.54, 1.807) is 0 Å². The number of nitrogens with one attached hydrogen (secondary N) is 1. The Balaban J connectivity index is 2.19. The van der Waals surface area contributed by atoms with E-state index in [0.717, 1.165) is 25.3 Å². The lowest BCUT2D eigenvalue weighted by Gasteiger charge is -2.25. The number of sulfonamides is 1. The molecule has 2 N–H and O–H groups in total. The van der Waals surface area contributed by atoms with Crippen molar-refractivity contribution in [1.82, 2.24) is 4.72 Å². The number of hydrogen-bond acceptors (Lipinski definition) is 3.